The van der Waals surface area contributed by atoms with Crippen LogP contribution in [0.25, 0.3) is 0 Å². The van der Waals surface area contributed by atoms with Crippen LogP contribution in [-0.2, 0) is 16.4 Å². The van der Waals surface area contributed by atoms with E-state index >= 15 is 0 Å². The number of rotatable bonds is 7. The van der Waals surface area contributed by atoms with E-state index in [-0.39, 0.29) is 33.5 Å². The van der Waals surface area contributed by atoms with Crippen LogP contribution in [0.1, 0.15) is 63.6 Å². The van der Waals surface area contributed by atoms with Crippen molar-refractivity contribution in [2.24, 2.45) is 5.92 Å². The molecule has 0 bridgehead atoms. The van der Waals surface area contributed by atoms with Crippen LogP contribution in [0.4, 0.5) is 5.69 Å². The van der Waals surface area contributed by atoms with E-state index in [2.05, 4.69) is 17.1 Å². The van der Waals surface area contributed by atoms with Gasteiger partial charge < -0.3 is 15.1 Å². The van der Waals surface area contributed by atoms with Crippen molar-refractivity contribution in [3.05, 3.63) is 88.5 Å². The smallest absolute Gasteiger partial charge is 0.259 e. The van der Waals surface area contributed by atoms with Gasteiger partial charge in [0.25, 0.3) is 11.8 Å². The molecular weight excluding hydrogens is 522 g/mol. The molecule has 5 rings (SSSR count). The quantitative estimate of drug-likeness (QED) is 0.405. The fourth-order valence-corrected chi connectivity index (χ4v) is 7.37. The van der Waals surface area contributed by atoms with E-state index in [9.17, 15) is 18.0 Å². The average molecular weight is 560 g/mol. The van der Waals surface area contributed by atoms with E-state index in [4.69, 9.17) is 0 Å². The summed E-state index contributed by atoms with van der Waals surface area (Å²) in [5.41, 5.74) is 3.63. The van der Waals surface area contributed by atoms with E-state index in [1.165, 1.54) is 35.9 Å². The summed E-state index contributed by atoms with van der Waals surface area (Å²) < 4.78 is 27.5. The number of piperidine rings is 1. The molecule has 1 atom stereocenters. The Kier molecular flexibility index (Phi) is 8.10. The molecule has 0 spiro atoms. The number of carbonyl (C=O) groups is 2. The third-order valence-corrected chi connectivity index (χ3v) is 9.82. The zero-order chi connectivity index (χ0) is 28.4. The molecule has 2 aliphatic rings. The largest absolute Gasteiger partial charge is 0.352 e. The monoisotopic (exact) mass is 559 g/mol. The van der Waals surface area contributed by atoms with Gasteiger partial charge in [0.1, 0.15) is 0 Å². The first kappa shape index (κ1) is 28.1. The zero-order valence-corrected chi connectivity index (χ0v) is 24.3. The lowest BCUT2D eigenvalue weighted by molar-refractivity contribution is 0.0946. The molecule has 0 saturated carbocycles. The van der Waals surface area contributed by atoms with Gasteiger partial charge in [0.2, 0.25) is 9.84 Å². The minimum atomic E-state index is -3.99. The molecule has 7 nitrogen and oxygen atoms in total. The SMILES string of the molecule is Cc1ccc(C)c(CN2C(=O)c3ccccc3S(=O)(=O)c3ccc(C(=O)NCCCN4CCC[C@H](C)C4)cc32)c1. The molecule has 0 radical (unpaired) electrons. The number of nitrogens with zero attached hydrogens (tertiary/aromatic N) is 2. The van der Waals surface area contributed by atoms with E-state index < -0.39 is 15.7 Å². The fraction of sp³-hybridized carbons (Fsp3) is 0.375. The van der Waals surface area contributed by atoms with Crippen molar-refractivity contribution in [3.8, 4) is 0 Å². The first-order chi connectivity index (χ1) is 19.1. The molecule has 2 amide bonds. The van der Waals surface area contributed by atoms with Gasteiger partial charge in [0.15, 0.2) is 0 Å². The lowest BCUT2D eigenvalue weighted by Crippen LogP contribution is -2.36. The molecule has 0 aliphatic carbocycles. The Labute approximate surface area is 237 Å². The van der Waals surface area contributed by atoms with Crippen LogP contribution in [0.15, 0.2) is 70.5 Å². The molecular formula is C32H37N3O4S. The molecule has 40 heavy (non-hydrogen) atoms. The number of hydrogen-bond acceptors (Lipinski definition) is 5. The summed E-state index contributed by atoms with van der Waals surface area (Å²) in [6, 6.07) is 16.9. The summed E-state index contributed by atoms with van der Waals surface area (Å²) >= 11 is 0. The van der Waals surface area contributed by atoms with E-state index in [1.807, 2.05) is 32.0 Å². The lowest BCUT2D eigenvalue weighted by atomic mass is 10.0. The van der Waals surface area contributed by atoms with Gasteiger partial charge in [-0.05, 0) is 93.6 Å². The second-order valence-corrected chi connectivity index (χ2v) is 13.0. The summed E-state index contributed by atoms with van der Waals surface area (Å²) in [4.78, 5) is 31.0. The number of benzene rings is 3. The maximum absolute atomic E-state index is 13.9. The van der Waals surface area contributed by atoms with Crippen molar-refractivity contribution in [1.82, 2.24) is 10.2 Å². The minimum Gasteiger partial charge on any atom is -0.352 e. The van der Waals surface area contributed by atoms with Gasteiger partial charge in [-0.2, -0.15) is 0 Å². The molecule has 2 heterocycles. The van der Waals surface area contributed by atoms with Crippen molar-refractivity contribution in [2.45, 2.75) is 56.4 Å². The number of amides is 2. The maximum atomic E-state index is 13.9. The number of sulfone groups is 1. The van der Waals surface area contributed by atoms with Crippen LogP contribution in [0, 0.1) is 19.8 Å². The Balaban J connectivity index is 1.45. The Morgan fingerprint density at radius 2 is 1.82 bits per heavy atom. The summed E-state index contributed by atoms with van der Waals surface area (Å²) in [5, 5.41) is 2.98. The van der Waals surface area contributed by atoms with Crippen LogP contribution in [0.3, 0.4) is 0 Å². The van der Waals surface area contributed by atoms with Crippen LogP contribution in [-0.4, -0.2) is 51.3 Å². The van der Waals surface area contributed by atoms with Crippen molar-refractivity contribution in [2.75, 3.05) is 31.1 Å². The van der Waals surface area contributed by atoms with Crippen LogP contribution in [0.5, 0.6) is 0 Å². The lowest BCUT2D eigenvalue weighted by Gasteiger charge is -2.30. The predicted molar refractivity (Wildman–Crippen MR) is 157 cm³/mol. The number of hydrogen-bond donors (Lipinski definition) is 1. The number of likely N-dealkylation sites (tertiary alicyclic amines) is 1. The Hall–Kier alpha value is -3.49. The van der Waals surface area contributed by atoms with Gasteiger partial charge in [0, 0.05) is 18.7 Å². The molecule has 0 unspecified atom stereocenters. The van der Waals surface area contributed by atoms with Gasteiger partial charge in [-0.25, -0.2) is 8.42 Å². The van der Waals surface area contributed by atoms with Crippen LogP contribution >= 0.6 is 0 Å². The van der Waals surface area contributed by atoms with Crippen LogP contribution in [0.2, 0.25) is 0 Å². The molecule has 1 fully saturated rings. The first-order valence-electron chi connectivity index (χ1n) is 14.0. The van der Waals surface area contributed by atoms with Gasteiger partial charge in [-0.3, -0.25) is 9.59 Å². The average Bonchev–Trinajstić information content (AvgIpc) is 3.01. The van der Waals surface area contributed by atoms with Crippen molar-refractivity contribution >= 4 is 27.3 Å². The molecule has 210 valence electrons. The first-order valence-corrected chi connectivity index (χ1v) is 15.5. The Morgan fingerprint density at radius 1 is 1.02 bits per heavy atom. The van der Waals surface area contributed by atoms with Crippen molar-refractivity contribution in [1.29, 1.82) is 0 Å². The molecule has 2 aliphatic heterocycles. The van der Waals surface area contributed by atoms with E-state index in [0.29, 0.717) is 18.0 Å². The number of nitrogens with one attached hydrogen (secondary N) is 1. The van der Waals surface area contributed by atoms with E-state index in [0.717, 1.165) is 42.7 Å². The topological polar surface area (TPSA) is 86.8 Å². The normalized spacial score (nSPS) is 18.5. The Morgan fingerprint density at radius 3 is 2.62 bits per heavy atom. The van der Waals surface area contributed by atoms with Crippen molar-refractivity contribution in [3.63, 3.8) is 0 Å². The number of aryl methyl sites for hydroxylation is 2. The number of anilines is 1. The highest BCUT2D eigenvalue weighted by Crippen LogP contribution is 2.38. The number of carbonyl (C=O) groups excluding carboxylic acids is 2. The van der Waals surface area contributed by atoms with E-state index in [1.54, 1.807) is 24.3 Å². The molecule has 1 saturated heterocycles. The summed E-state index contributed by atoms with van der Waals surface area (Å²) in [7, 11) is -3.99. The summed E-state index contributed by atoms with van der Waals surface area (Å²) in [6.07, 6.45) is 3.33. The molecule has 8 heteroatoms. The van der Waals surface area contributed by atoms with Gasteiger partial charge >= 0.3 is 0 Å². The Bertz CT molecular complexity index is 1550. The predicted octanol–water partition coefficient (Wildman–Crippen LogP) is 5.15. The van der Waals surface area contributed by atoms with Gasteiger partial charge in [0.05, 0.1) is 27.6 Å². The van der Waals surface area contributed by atoms with Crippen molar-refractivity contribution < 1.29 is 18.0 Å². The maximum Gasteiger partial charge on any atom is 0.259 e. The third-order valence-electron chi connectivity index (χ3n) is 7.96. The highest BCUT2D eigenvalue weighted by atomic mass is 32.2. The highest BCUT2D eigenvalue weighted by molar-refractivity contribution is 7.91. The molecule has 1 N–H and O–H groups in total. The van der Waals surface area contributed by atoms with Crippen LogP contribution < -0.4 is 10.2 Å². The molecule has 3 aromatic rings. The summed E-state index contributed by atoms with van der Waals surface area (Å²) in [6.45, 7) is 10.1. The fourth-order valence-electron chi connectivity index (χ4n) is 5.74. The molecule has 0 aromatic heterocycles. The second-order valence-electron chi connectivity index (χ2n) is 11.2. The number of fused-ring (bicyclic) bond motifs is 2. The molecule has 3 aromatic carbocycles. The second kappa shape index (κ2) is 11.6. The highest BCUT2D eigenvalue weighted by Gasteiger charge is 2.36. The zero-order valence-electron chi connectivity index (χ0n) is 23.4. The van der Waals surface area contributed by atoms with Gasteiger partial charge in [-0.1, -0.05) is 42.8 Å². The van der Waals surface area contributed by atoms with Gasteiger partial charge in [-0.15, -0.1) is 0 Å². The standard InChI is InChI=1S/C32H37N3O4S/c1-22-11-12-24(3)26(18-22)21-35-28-19-25(31(36)33-15-7-17-34-16-6-8-23(2)20-34)13-14-30(28)40(38,39)29-10-5-4-9-27(29)32(35)37/h4-5,9-14,18-19,23H,6-8,15-17,20-21H2,1-3H3,(H,33,36)/t23-/m0/s1. The third kappa shape index (κ3) is 5.69. The summed E-state index contributed by atoms with van der Waals surface area (Å²) in [5.74, 6) is 0.0137. The minimum absolute atomic E-state index is 0.0195.